The smallest absolute Gasteiger partial charge is 0.305 e. The summed E-state index contributed by atoms with van der Waals surface area (Å²) in [5, 5.41) is 0. The highest BCUT2D eigenvalue weighted by atomic mass is 16.5. The normalized spacial score (nSPS) is 12.2. The third-order valence-corrected chi connectivity index (χ3v) is 9.45. The molecule has 0 saturated heterocycles. The van der Waals surface area contributed by atoms with Crippen LogP contribution in [0.25, 0.3) is 0 Å². The van der Waals surface area contributed by atoms with Gasteiger partial charge in [-0.1, -0.05) is 132 Å². The SMILES string of the molecule is CC(C)CCCCCOC(=O)CCCCC(=O)OCCCCCC(C)C.CCCCC(CC)COC(=O)CCCCC(=O)OCC(CC)CCCC. The van der Waals surface area contributed by atoms with E-state index in [-0.39, 0.29) is 23.9 Å². The predicted molar refractivity (Wildman–Crippen MR) is 214 cm³/mol. The first-order valence-electron chi connectivity index (χ1n) is 21.6. The summed E-state index contributed by atoms with van der Waals surface area (Å²) in [6.45, 7) is 19.7. The van der Waals surface area contributed by atoms with Gasteiger partial charge in [-0.15, -0.1) is 0 Å². The zero-order valence-electron chi connectivity index (χ0n) is 35.4. The summed E-state index contributed by atoms with van der Waals surface area (Å²) in [7, 11) is 0. The van der Waals surface area contributed by atoms with Crippen LogP contribution in [0, 0.1) is 23.7 Å². The third-order valence-electron chi connectivity index (χ3n) is 9.45. The van der Waals surface area contributed by atoms with Crippen LogP contribution in [0.2, 0.25) is 0 Å². The van der Waals surface area contributed by atoms with Gasteiger partial charge in [-0.05, 0) is 75.0 Å². The predicted octanol–water partition coefficient (Wildman–Crippen LogP) is 12.1. The van der Waals surface area contributed by atoms with Crippen molar-refractivity contribution in [3.8, 4) is 0 Å². The molecule has 0 aromatic carbocycles. The van der Waals surface area contributed by atoms with Crippen LogP contribution in [0.15, 0.2) is 0 Å². The van der Waals surface area contributed by atoms with E-state index in [9.17, 15) is 19.2 Å². The standard InChI is InChI=1S/2C22H42O4/c1-19(2)13-7-5-11-17-25-21(23)15-9-10-16-22(24)26-18-12-6-8-14-20(3)4;1-5-9-13-19(7-3)17-25-21(23)15-11-12-16-22(24)26-18-20(8-4)14-10-6-2/h2*19-20H,5-18H2,1-4H3. The van der Waals surface area contributed by atoms with E-state index in [0.29, 0.717) is 89.6 Å². The van der Waals surface area contributed by atoms with Crippen LogP contribution >= 0.6 is 0 Å². The molecule has 0 aliphatic carbocycles. The lowest BCUT2D eigenvalue weighted by molar-refractivity contribution is -0.147. The summed E-state index contributed by atoms with van der Waals surface area (Å²) < 4.78 is 21.2. The van der Waals surface area contributed by atoms with Gasteiger partial charge in [0, 0.05) is 25.7 Å². The Morgan fingerprint density at radius 3 is 1.00 bits per heavy atom. The summed E-state index contributed by atoms with van der Waals surface area (Å²) in [5.74, 6) is 1.88. The van der Waals surface area contributed by atoms with Crippen molar-refractivity contribution in [1.82, 2.24) is 0 Å². The third kappa shape index (κ3) is 39.1. The molecule has 0 aliphatic rings. The Hall–Kier alpha value is -2.12. The molecule has 2 atom stereocenters. The van der Waals surface area contributed by atoms with Crippen LogP contribution in [0.4, 0.5) is 0 Å². The van der Waals surface area contributed by atoms with Crippen molar-refractivity contribution in [2.75, 3.05) is 26.4 Å². The highest BCUT2D eigenvalue weighted by molar-refractivity contribution is 5.71. The number of ether oxygens (including phenoxy) is 4. The van der Waals surface area contributed by atoms with E-state index in [2.05, 4.69) is 55.4 Å². The average Bonchev–Trinajstić information content (AvgIpc) is 3.11. The molecule has 52 heavy (non-hydrogen) atoms. The van der Waals surface area contributed by atoms with Gasteiger partial charge in [0.05, 0.1) is 26.4 Å². The molecule has 0 rings (SSSR count). The number of carbonyl (C=O) groups excluding carboxylic acids is 4. The molecule has 0 heterocycles. The number of esters is 4. The Bertz CT molecular complexity index is 772. The summed E-state index contributed by atoms with van der Waals surface area (Å²) in [4.78, 5) is 46.8. The fourth-order valence-electron chi connectivity index (χ4n) is 5.62. The Kier molecular flexibility index (Phi) is 38.6. The summed E-state index contributed by atoms with van der Waals surface area (Å²) in [6.07, 6.45) is 22.5. The molecule has 308 valence electrons. The molecule has 0 aliphatic heterocycles. The Morgan fingerprint density at radius 1 is 0.385 bits per heavy atom. The van der Waals surface area contributed by atoms with E-state index in [4.69, 9.17) is 18.9 Å². The van der Waals surface area contributed by atoms with Crippen molar-refractivity contribution >= 4 is 23.9 Å². The molecular weight excluding hydrogens is 656 g/mol. The van der Waals surface area contributed by atoms with Crippen molar-refractivity contribution in [2.24, 2.45) is 23.7 Å². The van der Waals surface area contributed by atoms with Gasteiger partial charge in [-0.25, -0.2) is 0 Å². The van der Waals surface area contributed by atoms with Gasteiger partial charge in [0.2, 0.25) is 0 Å². The molecular formula is C44H84O8. The minimum Gasteiger partial charge on any atom is -0.466 e. The van der Waals surface area contributed by atoms with E-state index >= 15 is 0 Å². The van der Waals surface area contributed by atoms with E-state index in [0.717, 1.165) is 63.2 Å². The highest BCUT2D eigenvalue weighted by Gasteiger charge is 2.13. The van der Waals surface area contributed by atoms with Crippen molar-refractivity contribution in [3.05, 3.63) is 0 Å². The molecule has 0 spiro atoms. The van der Waals surface area contributed by atoms with E-state index in [1.807, 2.05) is 0 Å². The van der Waals surface area contributed by atoms with Crippen molar-refractivity contribution in [2.45, 2.75) is 209 Å². The molecule has 0 N–H and O–H groups in total. The topological polar surface area (TPSA) is 105 Å². The van der Waals surface area contributed by atoms with E-state index in [1.165, 1.54) is 51.4 Å². The lowest BCUT2D eigenvalue weighted by Gasteiger charge is -2.15. The second-order valence-electron chi connectivity index (χ2n) is 15.5. The minimum absolute atomic E-state index is 0.140. The Balaban J connectivity index is 0. The van der Waals surface area contributed by atoms with Crippen LogP contribution in [0.5, 0.6) is 0 Å². The zero-order chi connectivity index (χ0) is 39.2. The average molecular weight is 741 g/mol. The fourth-order valence-corrected chi connectivity index (χ4v) is 5.62. The van der Waals surface area contributed by atoms with Gasteiger partial charge in [0.25, 0.3) is 0 Å². The van der Waals surface area contributed by atoms with Gasteiger partial charge < -0.3 is 18.9 Å². The molecule has 0 aromatic rings. The first kappa shape index (κ1) is 52.0. The molecule has 0 radical (unpaired) electrons. The van der Waals surface area contributed by atoms with Gasteiger partial charge in [-0.2, -0.15) is 0 Å². The molecule has 8 heteroatoms. The maximum absolute atomic E-state index is 11.8. The van der Waals surface area contributed by atoms with Crippen molar-refractivity contribution in [1.29, 1.82) is 0 Å². The van der Waals surface area contributed by atoms with E-state index in [1.54, 1.807) is 0 Å². The molecule has 0 fully saturated rings. The maximum Gasteiger partial charge on any atom is 0.305 e. The molecule has 2 unspecified atom stereocenters. The quantitative estimate of drug-likeness (QED) is 0.0365. The first-order chi connectivity index (χ1) is 25.0. The lowest BCUT2D eigenvalue weighted by Crippen LogP contribution is -2.15. The van der Waals surface area contributed by atoms with E-state index < -0.39 is 0 Å². The minimum atomic E-state index is -0.146. The number of unbranched alkanes of at least 4 members (excludes halogenated alkanes) is 8. The number of rotatable bonds is 34. The number of hydrogen-bond donors (Lipinski definition) is 0. The van der Waals surface area contributed by atoms with Crippen LogP contribution in [-0.4, -0.2) is 50.3 Å². The largest absolute Gasteiger partial charge is 0.466 e. The second-order valence-corrected chi connectivity index (χ2v) is 15.5. The first-order valence-corrected chi connectivity index (χ1v) is 21.6. The van der Waals surface area contributed by atoms with Gasteiger partial charge >= 0.3 is 23.9 Å². The van der Waals surface area contributed by atoms with Crippen LogP contribution in [-0.2, 0) is 38.1 Å². The molecule has 0 saturated carbocycles. The van der Waals surface area contributed by atoms with Crippen LogP contribution in [0.1, 0.15) is 209 Å². The summed E-state index contributed by atoms with van der Waals surface area (Å²) in [6, 6.07) is 0. The second kappa shape index (κ2) is 38.6. The number of hydrogen-bond acceptors (Lipinski definition) is 8. The molecule has 0 bridgehead atoms. The molecule has 0 amide bonds. The fraction of sp³-hybridized carbons (Fsp3) is 0.909. The molecule has 0 aromatic heterocycles. The maximum atomic E-state index is 11.8. The van der Waals surface area contributed by atoms with Crippen LogP contribution in [0.3, 0.4) is 0 Å². The Labute approximate surface area is 321 Å². The highest BCUT2D eigenvalue weighted by Crippen LogP contribution is 2.16. The zero-order valence-corrected chi connectivity index (χ0v) is 35.4. The summed E-state index contributed by atoms with van der Waals surface area (Å²) >= 11 is 0. The van der Waals surface area contributed by atoms with Crippen molar-refractivity contribution < 1.29 is 38.1 Å². The molecule has 8 nitrogen and oxygen atoms in total. The monoisotopic (exact) mass is 741 g/mol. The lowest BCUT2D eigenvalue weighted by atomic mass is 10.0. The van der Waals surface area contributed by atoms with Crippen LogP contribution < -0.4 is 0 Å². The van der Waals surface area contributed by atoms with Gasteiger partial charge in [-0.3, -0.25) is 19.2 Å². The summed E-state index contributed by atoms with van der Waals surface area (Å²) in [5.41, 5.74) is 0. The number of carbonyl (C=O) groups is 4. The van der Waals surface area contributed by atoms with Crippen molar-refractivity contribution in [3.63, 3.8) is 0 Å². The Morgan fingerprint density at radius 2 is 0.712 bits per heavy atom. The van der Waals surface area contributed by atoms with Gasteiger partial charge in [0.15, 0.2) is 0 Å². The van der Waals surface area contributed by atoms with Gasteiger partial charge in [0.1, 0.15) is 0 Å².